The molecule has 0 saturated heterocycles. The van der Waals surface area contributed by atoms with Crippen LogP contribution in [0.25, 0.3) is 111 Å². The summed E-state index contributed by atoms with van der Waals surface area (Å²) in [4.78, 5) is 10.3. The molecular formula is C52H32N2O2. The molecule has 0 atom stereocenters. The molecule has 0 fully saturated rings. The van der Waals surface area contributed by atoms with Gasteiger partial charge in [-0.25, -0.2) is 9.97 Å². The second kappa shape index (κ2) is 13.1. The average Bonchev–Trinajstić information content (AvgIpc) is 3.86. The number of furan rings is 2. The predicted octanol–water partition coefficient (Wildman–Crippen LogP) is 14.3. The van der Waals surface area contributed by atoms with Crippen molar-refractivity contribution in [3.63, 3.8) is 0 Å². The normalized spacial score (nSPS) is 11.6. The van der Waals surface area contributed by atoms with Crippen molar-refractivity contribution in [1.82, 2.24) is 9.97 Å². The van der Waals surface area contributed by atoms with Crippen LogP contribution in [0.4, 0.5) is 0 Å². The van der Waals surface area contributed by atoms with Gasteiger partial charge in [0, 0.05) is 43.8 Å². The highest BCUT2D eigenvalue weighted by molar-refractivity contribution is 6.21. The van der Waals surface area contributed by atoms with Crippen LogP contribution >= 0.6 is 0 Å². The van der Waals surface area contributed by atoms with Crippen LogP contribution in [-0.4, -0.2) is 9.97 Å². The first-order chi connectivity index (χ1) is 27.8. The summed E-state index contributed by atoms with van der Waals surface area (Å²) in [5.74, 6) is 0.667. The maximum atomic E-state index is 6.73. The fraction of sp³-hybridized carbons (Fsp3) is 0. The number of nitrogens with zero attached hydrogens (tertiary/aromatic N) is 2. The minimum Gasteiger partial charge on any atom is -0.456 e. The Hall–Kier alpha value is -7.56. The first-order valence-electron chi connectivity index (χ1n) is 18.8. The maximum Gasteiger partial charge on any atom is 0.160 e. The minimum absolute atomic E-state index is 0.667. The third-order valence-electron chi connectivity index (χ3n) is 10.8. The lowest BCUT2D eigenvalue weighted by Gasteiger charge is -2.13. The molecule has 0 radical (unpaired) electrons. The molecule has 0 aliphatic heterocycles. The first kappa shape index (κ1) is 31.9. The monoisotopic (exact) mass is 716 g/mol. The summed E-state index contributed by atoms with van der Waals surface area (Å²) >= 11 is 0. The molecule has 0 saturated carbocycles. The van der Waals surface area contributed by atoms with Gasteiger partial charge < -0.3 is 8.83 Å². The summed E-state index contributed by atoms with van der Waals surface area (Å²) in [6.07, 6.45) is 0. The van der Waals surface area contributed by atoms with Gasteiger partial charge in [0.1, 0.15) is 22.3 Å². The predicted molar refractivity (Wildman–Crippen MR) is 229 cm³/mol. The highest BCUT2D eigenvalue weighted by Gasteiger charge is 2.21. The summed E-state index contributed by atoms with van der Waals surface area (Å²) in [7, 11) is 0. The van der Waals surface area contributed by atoms with Crippen molar-refractivity contribution in [2.75, 3.05) is 0 Å². The second-order valence-electron chi connectivity index (χ2n) is 14.1. The van der Waals surface area contributed by atoms with Gasteiger partial charge in [-0.3, -0.25) is 0 Å². The van der Waals surface area contributed by atoms with E-state index in [0.717, 1.165) is 105 Å². The molecule has 11 rings (SSSR count). The molecule has 0 bridgehead atoms. The number of para-hydroxylation sites is 2. The maximum absolute atomic E-state index is 6.73. The van der Waals surface area contributed by atoms with Crippen molar-refractivity contribution in [2.24, 2.45) is 0 Å². The van der Waals surface area contributed by atoms with E-state index in [0.29, 0.717) is 5.82 Å². The largest absolute Gasteiger partial charge is 0.456 e. The van der Waals surface area contributed by atoms with Crippen LogP contribution < -0.4 is 0 Å². The Morgan fingerprint density at radius 1 is 0.304 bits per heavy atom. The minimum atomic E-state index is 0.667. The first-order valence-corrected chi connectivity index (χ1v) is 18.8. The van der Waals surface area contributed by atoms with E-state index >= 15 is 0 Å². The standard InChI is InChI=1S/C52H32N2O2/c1-3-14-33(15-4-1)37-18-7-8-19-39(37)45-32-44(35-16-5-2-6-17-35)53-52(54-45)36-28-26-34(27-29-36)38-30-31-41(50-43-21-10-12-24-47(43)56-51(38)50)40-22-13-25-48-49(40)42-20-9-11-23-46(42)55-48/h1-32H. The Kier molecular flexibility index (Phi) is 7.46. The molecule has 0 spiro atoms. The van der Waals surface area contributed by atoms with Crippen molar-refractivity contribution < 1.29 is 8.83 Å². The van der Waals surface area contributed by atoms with Gasteiger partial charge in [-0.05, 0) is 58.1 Å². The number of benzene rings is 8. The number of hydrogen-bond donors (Lipinski definition) is 0. The molecule has 0 N–H and O–H groups in total. The van der Waals surface area contributed by atoms with Gasteiger partial charge in [0.2, 0.25) is 0 Å². The smallest absolute Gasteiger partial charge is 0.160 e. The molecule has 3 heterocycles. The van der Waals surface area contributed by atoms with E-state index < -0.39 is 0 Å². The molecule has 56 heavy (non-hydrogen) atoms. The van der Waals surface area contributed by atoms with Crippen LogP contribution in [0.1, 0.15) is 0 Å². The van der Waals surface area contributed by atoms with Gasteiger partial charge in [-0.2, -0.15) is 0 Å². The molecule has 0 aliphatic carbocycles. The van der Waals surface area contributed by atoms with Crippen molar-refractivity contribution in [3.8, 4) is 67.3 Å². The van der Waals surface area contributed by atoms with Crippen molar-refractivity contribution >= 4 is 43.9 Å². The van der Waals surface area contributed by atoms with E-state index in [1.54, 1.807) is 0 Å². The van der Waals surface area contributed by atoms with E-state index in [1.807, 2.05) is 54.6 Å². The van der Waals surface area contributed by atoms with Crippen molar-refractivity contribution in [2.45, 2.75) is 0 Å². The summed E-state index contributed by atoms with van der Waals surface area (Å²) in [6.45, 7) is 0. The molecule has 0 amide bonds. The van der Waals surface area contributed by atoms with Crippen LogP contribution in [0.15, 0.2) is 203 Å². The van der Waals surface area contributed by atoms with E-state index in [-0.39, 0.29) is 0 Å². The summed E-state index contributed by atoms with van der Waals surface area (Å²) in [6, 6.07) is 67.1. The Morgan fingerprint density at radius 2 is 0.821 bits per heavy atom. The SMILES string of the molecule is c1ccc(-c2cc(-c3ccccc3-c3ccccc3)nc(-c3ccc(-c4ccc(-c5cccc6oc7ccccc7c56)c5c4oc4ccccc45)cc3)n2)cc1. The van der Waals surface area contributed by atoms with E-state index in [4.69, 9.17) is 18.8 Å². The molecule has 262 valence electrons. The molecule has 4 nitrogen and oxygen atoms in total. The van der Waals surface area contributed by atoms with Gasteiger partial charge in [0.05, 0.1) is 11.4 Å². The van der Waals surface area contributed by atoms with E-state index in [2.05, 4.69) is 140 Å². The fourth-order valence-corrected chi connectivity index (χ4v) is 8.12. The molecule has 3 aromatic heterocycles. The fourth-order valence-electron chi connectivity index (χ4n) is 8.12. The van der Waals surface area contributed by atoms with Gasteiger partial charge in [0.15, 0.2) is 5.82 Å². The average molecular weight is 717 g/mol. The Labute approximate surface area is 323 Å². The van der Waals surface area contributed by atoms with Crippen LogP contribution in [0, 0.1) is 0 Å². The highest BCUT2D eigenvalue weighted by atomic mass is 16.3. The van der Waals surface area contributed by atoms with Gasteiger partial charge >= 0.3 is 0 Å². The molecule has 0 unspecified atom stereocenters. The second-order valence-corrected chi connectivity index (χ2v) is 14.1. The number of fused-ring (bicyclic) bond motifs is 6. The summed E-state index contributed by atoms with van der Waals surface area (Å²) in [5.41, 5.74) is 14.8. The molecule has 8 aromatic carbocycles. The highest BCUT2D eigenvalue weighted by Crippen LogP contribution is 2.45. The zero-order valence-corrected chi connectivity index (χ0v) is 30.2. The molecule has 4 heteroatoms. The molecule has 0 aliphatic rings. The third-order valence-corrected chi connectivity index (χ3v) is 10.8. The van der Waals surface area contributed by atoms with Crippen LogP contribution in [0.2, 0.25) is 0 Å². The van der Waals surface area contributed by atoms with E-state index in [9.17, 15) is 0 Å². The summed E-state index contributed by atoms with van der Waals surface area (Å²) < 4.78 is 13.0. The van der Waals surface area contributed by atoms with Crippen LogP contribution in [0.3, 0.4) is 0 Å². The quantitative estimate of drug-likeness (QED) is 0.172. The van der Waals surface area contributed by atoms with E-state index in [1.165, 1.54) is 0 Å². The molecular weight excluding hydrogens is 685 g/mol. The number of rotatable bonds is 6. The lowest BCUT2D eigenvalue weighted by Crippen LogP contribution is -1.97. The van der Waals surface area contributed by atoms with Crippen molar-refractivity contribution in [1.29, 1.82) is 0 Å². The third kappa shape index (κ3) is 5.31. The van der Waals surface area contributed by atoms with Crippen LogP contribution in [0.5, 0.6) is 0 Å². The zero-order chi connectivity index (χ0) is 37.0. The van der Waals surface area contributed by atoms with Gasteiger partial charge in [-0.15, -0.1) is 0 Å². The Morgan fingerprint density at radius 3 is 1.59 bits per heavy atom. The van der Waals surface area contributed by atoms with Gasteiger partial charge in [-0.1, -0.05) is 164 Å². The number of hydrogen-bond acceptors (Lipinski definition) is 4. The number of aromatic nitrogens is 2. The van der Waals surface area contributed by atoms with Gasteiger partial charge in [0.25, 0.3) is 0 Å². The lowest BCUT2D eigenvalue weighted by molar-refractivity contribution is 0.668. The summed E-state index contributed by atoms with van der Waals surface area (Å²) in [5, 5.41) is 4.37. The molecule has 11 aromatic rings. The Bertz CT molecular complexity index is 3230. The zero-order valence-electron chi connectivity index (χ0n) is 30.2. The van der Waals surface area contributed by atoms with Crippen LogP contribution in [-0.2, 0) is 0 Å². The van der Waals surface area contributed by atoms with Crippen molar-refractivity contribution in [3.05, 3.63) is 194 Å². The lowest BCUT2D eigenvalue weighted by atomic mass is 9.92. The Balaban J connectivity index is 1.05. The topological polar surface area (TPSA) is 52.1 Å².